The molecule has 0 aliphatic carbocycles. The molecule has 1 aromatic heterocycles. The van der Waals surface area contributed by atoms with Crippen LogP contribution in [0, 0.1) is 0 Å². The molecule has 1 aromatic carbocycles. The molecule has 0 radical (unpaired) electrons. The largest absolute Gasteiger partial charge is 0.417 e. The molecule has 2 aromatic rings. The molecule has 0 saturated heterocycles. The average Bonchev–Trinajstić information content (AvgIpc) is 2.48. The van der Waals surface area contributed by atoms with Gasteiger partial charge in [0.1, 0.15) is 0 Å². The molecule has 0 fully saturated rings. The van der Waals surface area contributed by atoms with E-state index >= 15 is 0 Å². The summed E-state index contributed by atoms with van der Waals surface area (Å²) in [6.45, 7) is 3.50. The molecule has 7 heteroatoms. The fraction of sp³-hybridized carbons (Fsp3) is 0.312. The van der Waals surface area contributed by atoms with Gasteiger partial charge in [-0.3, -0.25) is 9.59 Å². The van der Waals surface area contributed by atoms with Crippen molar-refractivity contribution >= 4 is 5.78 Å². The van der Waals surface area contributed by atoms with Crippen LogP contribution < -0.4 is 5.56 Å². The Hall–Kier alpha value is -2.44. The quantitative estimate of drug-likeness (QED) is 0.811. The van der Waals surface area contributed by atoms with Gasteiger partial charge in [0.05, 0.1) is 23.7 Å². The standard InChI is InChI=1S/C16H15F3N2O2/c1-10(2)21-15(23)8-7-11(20-21)9-14(22)12-5-3-4-6-13(12)16(17,18)19/h3-8,10H,9H2,1-2H3. The van der Waals surface area contributed by atoms with E-state index in [9.17, 15) is 22.8 Å². The summed E-state index contributed by atoms with van der Waals surface area (Å²) in [6, 6.07) is 7.03. The lowest BCUT2D eigenvalue weighted by molar-refractivity contribution is -0.137. The van der Waals surface area contributed by atoms with Gasteiger partial charge in [0.2, 0.25) is 0 Å². The van der Waals surface area contributed by atoms with Gasteiger partial charge in [0, 0.05) is 11.6 Å². The number of Topliss-reactive ketones (excluding diaryl/α,β-unsaturated/α-hetero) is 1. The number of halogens is 3. The lowest BCUT2D eigenvalue weighted by Crippen LogP contribution is -2.25. The molecule has 0 saturated carbocycles. The van der Waals surface area contributed by atoms with E-state index in [1.54, 1.807) is 13.8 Å². The highest BCUT2D eigenvalue weighted by molar-refractivity contribution is 5.98. The SMILES string of the molecule is CC(C)n1nc(CC(=O)c2ccccc2C(F)(F)F)ccc1=O. The molecule has 0 spiro atoms. The lowest BCUT2D eigenvalue weighted by Gasteiger charge is -2.12. The monoisotopic (exact) mass is 324 g/mol. The second kappa shape index (κ2) is 6.36. The molecule has 0 bridgehead atoms. The maximum absolute atomic E-state index is 13.0. The Balaban J connectivity index is 2.34. The number of aromatic nitrogens is 2. The number of hydrogen-bond acceptors (Lipinski definition) is 3. The summed E-state index contributed by atoms with van der Waals surface area (Å²) in [5, 5.41) is 4.03. The van der Waals surface area contributed by atoms with Crippen LogP contribution in [0.1, 0.15) is 41.5 Å². The Morgan fingerprint density at radius 3 is 2.43 bits per heavy atom. The summed E-state index contributed by atoms with van der Waals surface area (Å²) in [7, 11) is 0. The molecule has 2 rings (SSSR count). The molecule has 0 amide bonds. The molecule has 0 aliphatic rings. The minimum absolute atomic E-state index is 0.208. The molecule has 23 heavy (non-hydrogen) atoms. The fourth-order valence-electron chi connectivity index (χ4n) is 2.16. The molecule has 1 heterocycles. The van der Waals surface area contributed by atoms with Crippen LogP contribution in [0.5, 0.6) is 0 Å². The first-order valence-corrected chi connectivity index (χ1v) is 6.98. The number of carbonyl (C=O) groups excluding carboxylic acids is 1. The van der Waals surface area contributed by atoms with E-state index in [1.165, 1.54) is 28.9 Å². The van der Waals surface area contributed by atoms with E-state index in [2.05, 4.69) is 5.10 Å². The van der Waals surface area contributed by atoms with Crippen LogP contribution in [0.2, 0.25) is 0 Å². The smallest absolute Gasteiger partial charge is 0.294 e. The van der Waals surface area contributed by atoms with E-state index in [4.69, 9.17) is 0 Å². The highest BCUT2D eigenvalue weighted by Crippen LogP contribution is 2.32. The van der Waals surface area contributed by atoms with Crippen molar-refractivity contribution in [3.63, 3.8) is 0 Å². The van der Waals surface area contributed by atoms with Gasteiger partial charge in [-0.15, -0.1) is 0 Å². The van der Waals surface area contributed by atoms with Gasteiger partial charge in [-0.1, -0.05) is 18.2 Å². The summed E-state index contributed by atoms with van der Waals surface area (Å²) < 4.78 is 40.1. The zero-order chi connectivity index (χ0) is 17.2. The van der Waals surface area contributed by atoms with Crippen LogP contribution in [0.15, 0.2) is 41.2 Å². The normalized spacial score (nSPS) is 11.7. The molecule has 0 unspecified atom stereocenters. The number of hydrogen-bond donors (Lipinski definition) is 0. The zero-order valence-corrected chi connectivity index (χ0v) is 12.6. The van der Waals surface area contributed by atoms with Crippen LogP contribution >= 0.6 is 0 Å². The first-order valence-electron chi connectivity index (χ1n) is 6.98. The average molecular weight is 324 g/mol. The number of alkyl halides is 3. The number of rotatable bonds is 4. The summed E-state index contributed by atoms with van der Waals surface area (Å²) in [6.07, 6.45) is -4.91. The van der Waals surface area contributed by atoms with E-state index in [-0.39, 0.29) is 23.7 Å². The van der Waals surface area contributed by atoms with Crippen molar-refractivity contribution in [2.75, 3.05) is 0 Å². The van der Waals surface area contributed by atoms with E-state index in [0.29, 0.717) is 0 Å². The van der Waals surface area contributed by atoms with Crippen LogP contribution in [0.25, 0.3) is 0 Å². The third-order valence-corrected chi connectivity index (χ3v) is 3.24. The van der Waals surface area contributed by atoms with Gasteiger partial charge in [0.25, 0.3) is 5.56 Å². The Kier molecular flexibility index (Phi) is 4.68. The van der Waals surface area contributed by atoms with Crippen LogP contribution in [0.4, 0.5) is 13.2 Å². The van der Waals surface area contributed by atoms with E-state index < -0.39 is 23.1 Å². The second-order valence-corrected chi connectivity index (χ2v) is 5.34. The van der Waals surface area contributed by atoms with Crippen molar-refractivity contribution in [1.29, 1.82) is 0 Å². The van der Waals surface area contributed by atoms with Crippen molar-refractivity contribution in [3.05, 3.63) is 63.6 Å². The van der Waals surface area contributed by atoms with Crippen molar-refractivity contribution in [2.45, 2.75) is 32.5 Å². The Bertz CT molecular complexity index is 779. The van der Waals surface area contributed by atoms with Crippen molar-refractivity contribution in [3.8, 4) is 0 Å². The predicted molar refractivity (Wildman–Crippen MR) is 78.4 cm³/mol. The van der Waals surface area contributed by atoms with Crippen molar-refractivity contribution in [2.24, 2.45) is 0 Å². The molecule has 122 valence electrons. The Labute approximate surface area is 130 Å². The molecule has 0 atom stereocenters. The highest BCUT2D eigenvalue weighted by atomic mass is 19.4. The van der Waals surface area contributed by atoms with Gasteiger partial charge in [-0.05, 0) is 26.0 Å². The maximum atomic E-state index is 13.0. The van der Waals surface area contributed by atoms with Gasteiger partial charge in [-0.25, -0.2) is 4.68 Å². The summed E-state index contributed by atoms with van der Waals surface area (Å²) in [4.78, 5) is 23.8. The summed E-state index contributed by atoms with van der Waals surface area (Å²) in [5.41, 5.74) is -1.45. The van der Waals surface area contributed by atoms with Crippen molar-refractivity contribution in [1.82, 2.24) is 9.78 Å². The summed E-state index contributed by atoms with van der Waals surface area (Å²) in [5.74, 6) is -0.695. The zero-order valence-electron chi connectivity index (χ0n) is 12.6. The third kappa shape index (κ3) is 3.85. The molecule has 4 nitrogen and oxygen atoms in total. The first-order chi connectivity index (χ1) is 10.7. The number of ketones is 1. The van der Waals surface area contributed by atoms with Gasteiger partial charge in [-0.2, -0.15) is 18.3 Å². The predicted octanol–water partition coefficient (Wildman–Crippen LogP) is 3.27. The minimum atomic E-state index is -4.60. The molecular weight excluding hydrogens is 309 g/mol. The van der Waals surface area contributed by atoms with E-state index in [0.717, 1.165) is 12.1 Å². The fourth-order valence-corrected chi connectivity index (χ4v) is 2.16. The second-order valence-electron chi connectivity index (χ2n) is 5.34. The summed E-state index contributed by atoms with van der Waals surface area (Å²) >= 11 is 0. The Morgan fingerprint density at radius 2 is 1.83 bits per heavy atom. The first kappa shape index (κ1) is 16.9. The molecular formula is C16H15F3N2O2. The third-order valence-electron chi connectivity index (χ3n) is 3.24. The number of nitrogens with zero attached hydrogens (tertiary/aromatic N) is 2. The maximum Gasteiger partial charge on any atom is 0.417 e. The minimum Gasteiger partial charge on any atom is -0.294 e. The van der Waals surface area contributed by atoms with Crippen LogP contribution in [-0.2, 0) is 12.6 Å². The molecule has 0 aliphatic heterocycles. The number of benzene rings is 1. The number of carbonyl (C=O) groups is 1. The molecule has 0 N–H and O–H groups in total. The van der Waals surface area contributed by atoms with Crippen LogP contribution in [-0.4, -0.2) is 15.6 Å². The highest BCUT2D eigenvalue weighted by Gasteiger charge is 2.34. The van der Waals surface area contributed by atoms with E-state index in [1.807, 2.05) is 0 Å². The Morgan fingerprint density at radius 1 is 1.17 bits per heavy atom. The van der Waals surface area contributed by atoms with Crippen LogP contribution in [0.3, 0.4) is 0 Å². The lowest BCUT2D eigenvalue weighted by atomic mass is 10.00. The van der Waals surface area contributed by atoms with Gasteiger partial charge >= 0.3 is 6.18 Å². The van der Waals surface area contributed by atoms with Gasteiger partial charge in [0.15, 0.2) is 5.78 Å². The topological polar surface area (TPSA) is 52.0 Å². The van der Waals surface area contributed by atoms with Crippen molar-refractivity contribution < 1.29 is 18.0 Å². The van der Waals surface area contributed by atoms with Gasteiger partial charge < -0.3 is 0 Å².